The molecule has 0 amide bonds. The predicted molar refractivity (Wildman–Crippen MR) is 123 cm³/mol. The highest BCUT2D eigenvalue weighted by atomic mass is 16.5. The highest BCUT2D eigenvalue weighted by Gasteiger charge is 2.19. The average molecular weight is 418 g/mol. The van der Waals surface area contributed by atoms with Gasteiger partial charge in [-0.05, 0) is 57.1 Å². The summed E-state index contributed by atoms with van der Waals surface area (Å²) in [7, 11) is 3.84. The third-order valence-corrected chi connectivity index (χ3v) is 6.07. The van der Waals surface area contributed by atoms with Gasteiger partial charge in [0, 0.05) is 23.0 Å². The summed E-state index contributed by atoms with van der Waals surface area (Å²) in [4.78, 5) is 14.6. The second kappa shape index (κ2) is 8.43. The van der Waals surface area contributed by atoms with E-state index in [0.29, 0.717) is 18.3 Å². The first-order chi connectivity index (χ1) is 15.2. The summed E-state index contributed by atoms with van der Waals surface area (Å²) >= 11 is 0. The summed E-state index contributed by atoms with van der Waals surface area (Å²) in [5, 5.41) is 5.48. The number of fused-ring (bicyclic) bond motifs is 2. The lowest BCUT2D eigenvalue weighted by molar-refractivity contribution is 0.157. The van der Waals surface area contributed by atoms with Crippen molar-refractivity contribution in [3.63, 3.8) is 0 Å². The van der Waals surface area contributed by atoms with Crippen LogP contribution in [0.15, 0.2) is 48.9 Å². The van der Waals surface area contributed by atoms with Crippen molar-refractivity contribution < 1.29 is 9.47 Å². The van der Waals surface area contributed by atoms with Crippen LogP contribution >= 0.6 is 0 Å². The van der Waals surface area contributed by atoms with Crippen LogP contribution in [0.2, 0.25) is 0 Å². The lowest BCUT2D eigenvalue weighted by Gasteiger charge is -2.28. The van der Waals surface area contributed by atoms with Gasteiger partial charge in [0.05, 0.1) is 30.4 Å². The summed E-state index contributed by atoms with van der Waals surface area (Å²) in [6.45, 7) is 2.94. The van der Waals surface area contributed by atoms with Gasteiger partial charge in [0.2, 0.25) is 0 Å². The minimum Gasteiger partial charge on any atom is -0.493 e. The van der Waals surface area contributed by atoms with E-state index in [2.05, 4.69) is 44.3 Å². The van der Waals surface area contributed by atoms with Crippen molar-refractivity contribution >= 4 is 33.3 Å². The van der Waals surface area contributed by atoms with E-state index in [1.165, 1.54) is 0 Å². The van der Waals surface area contributed by atoms with E-state index in [1.807, 2.05) is 30.5 Å². The molecule has 0 bridgehead atoms. The number of nitrogens with one attached hydrogen (secondary N) is 2. The first kappa shape index (κ1) is 19.6. The molecule has 160 valence electrons. The monoisotopic (exact) mass is 417 g/mol. The number of aromatic nitrogens is 3. The number of H-pyrrole nitrogens is 1. The predicted octanol–water partition coefficient (Wildman–Crippen LogP) is 4.58. The molecule has 0 aliphatic carbocycles. The molecule has 0 unspecified atom stereocenters. The third kappa shape index (κ3) is 4.01. The molecular weight excluding hydrogens is 390 g/mol. The maximum absolute atomic E-state index is 6.19. The highest BCUT2D eigenvalue weighted by Crippen LogP contribution is 2.36. The van der Waals surface area contributed by atoms with Gasteiger partial charge in [0.1, 0.15) is 12.1 Å². The molecule has 3 heterocycles. The Hall–Kier alpha value is -3.32. The number of hydrogen-bond acceptors (Lipinski definition) is 6. The molecule has 31 heavy (non-hydrogen) atoms. The van der Waals surface area contributed by atoms with Crippen molar-refractivity contribution in [3.05, 3.63) is 48.9 Å². The van der Waals surface area contributed by atoms with E-state index >= 15 is 0 Å². The van der Waals surface area contributed by atoms with Gasteiger partial charge in [-0.3, -0.25) is 0 Å². The Bertz CT molecular complexity index is 1200. The fraction of sp³-hybridized carbons (Fsp3) is 0.333. The lowest BCUT2D eigenvalue weighted by atomic mass is 9.98. The summed E-state index contributed by atoms with van der Waals surface area (Å²) in [6, 6.07) is 12.1. The molecule has 1 fully saturated rings. The van der Waals surface area contributed by atoms with E-state index in [1.54, 1.807) is 13.4 Å². The molecule has 0 saturated carbocycles. The Kier molecular flexibility index (Phi) is 5.34. The van der Waals surface area contributed by atoms with Gasteiger partial charge in [0.25, 0.3) is 0 Å². The smallest absolute Gasteiger partial charge is 0.163 e. The minimum absolute atomic E-state index is 0.570. The number of para-hydroxylation sites is 1. The molecule has 0 radical (unpaired) electrons. The van der Waals surface area contributed by atoms with Gasteiger partial charge in [0.15, 0.2) is 11.5 Å². The number of hydrogen-bond donors (Lipinski definition) is 2. The van der Waals surface area contributed by atoms with Crippen molar-refractivity contribution in [2.75, 3.05) is 39.2 Å². The Morgan fingerprint density at radius 1 is 1.13 bits per heavy atom. The van der Waals surface area contributed by atoms with Gasteiger partial charge in [-0.15, -0.1) is 0 Å². The van der Waals surface area contributed by atoms with Crippen molar-refractivity contribution in [1.29, 1.82) is 0 Å². The number of piperidine rings is 1. The van der Waals surface area contributed by atoms with E-state index in [-0.39, 0.29) is 0 Å². The number of nitrogens with zero attached hydrogens (tertiary/aromatic N) is 3. The second-order valence-electron chi connectivity index (χ2n) is 8.17. The van der Waals surface area contributed by atoms with E-state index in [4.69, 9.17) is 9.47 Å². The zero-order valence-electron chi connectivity index (χ0n) is 17.9. The molecule has 0 spiro atoms. The number of anilines is 2. The van der Waals surface area contributed by atoms with Crippen molar-refractivity contribution in [2.24, 2.45) is 5.92 Å². The molecule has 5 rings (SSSR count). The zero-order chi connectivity index (χ0) is 21.2. The van der Waals surface area contributed by atoms with Crippen molar-refractivity contribution in [3.8, 4) is 11.5 Å². The first-order valence-electron chi connectivity index (χ1n) is 10.7. The SMILES string of the molecule is COc1cc2c(Nc3cccc4cc[nH]c34)ncnc2cc1OCC1CCN(C)CC1. The fourth-order valence-electron chi connectivity index (χ4n) is 4.19. The summed E-state index contributed by atoms with van der Waals surface area (Å²) in [6.07, 6.45) is 5.83. The quantitative estimate of drug-likeness (QED) is 0.478. The normalized spacial score (nSPS) is 15.4. The van der Waals surface area contributed by atoms with Crippen molar-refractivity contribution in [2.45, 2.75) is 12.8 Å². The summed E-state index contributed by atoms with van der Waals surface area (Å²) < 4.78 is 11.8. The molecule has 1 aliphatic heterocycles. The minimum atomic E-state index is 0.570. The zero-order valence-corrected chi connectivity index (χ0v) is 17.9. The molecule has 2 N–H and O–H groups in total. The van der Waals surface area contributed by atoms with Gasteiger partial charge in [-0.25, -0.2) is 9.97 Å². The van der Waals surface area contributed by atoms with Crippen molar-refractivity contribution in [1.82, 2.24) is 19.9 Å². The molecule has 2 aromatic heterocycles. The lowest BCUT2D eigenvalue weighted by Crippen LogP contribution is -2.32. The van der Waals surface area contributed by atoms with Crippen LogP contribution in [0.4, 0.5) is 11.5 Å². The maximum atomic E-state index is 6.19. The van der Waals surface area contributed by atoms with Crippen LogP contribution < -0.4 is 14.8 Å². The first-order valence-corrected chi connectivity index (χ1v) is 10.7. The number of aromatic amines is 1. The molecule has 4 aromatic rings. The third-order valence-electron chi connectivity index (χ3n) is 6.07. The van der Waals surface area contributed by atoms with Crippen LogP contribution in [0.3, 0.4) is 0 Å². The van der Waals surface area contributed by atoms with E-state index < -0.39 is 0 Å². The highest BCUT2D eigenvalue weighted by molar-refractivity contribution is 5.97. The van der Waals surface area contributed by atoms with Crippen LogP contribution in [0.25, 0.3) is 21.8 Å². The second-order valence-corrected chi connectivity index (χ2v) is 8.17. The number of methoxy groups -OCH3 is 1. The molecular formula is C24H27N5O2. The Morgan fingerprint density at radius 3 is 2.84 bits per heavy atom. The number of benzene rings is 2. The standard InChI is InChI=1S/C24H27N5O2/c1-29-10-7-16(8-11-29)14-31-22-13-20-18(12-21(22)30-2)24(27-15-26-20)28-19-5-3-4-17-6-9-25-23(17)19/h3-6,9,12-13,15-16,25H,7-8,10-11,14H2,1-2H3,(H,26,27,28). The van der Waals surface area contributed by atoms with Crippen LogP contribution in [0, 0.1) is 5.92 Å². The van der Waals surface area contributed by atoms with E-state index in [9.17, 15) is 0 Å². The molecule has 7 nitrogen and oxygen atoms in total. The van der Waals surface area contributed by atoms with Crippen LogP contribution in [-0.4, -0.2) is 53.7 Å². The summed E-state index contributed by atoms with van der Waals surface area (Å²) in [5.74, 6) is 2.72. The number of rotatable bonds is 6. The van der Waals surface area contributed by atoms with Crippen LogP contribution in [-0.2, 0) is 0 Å². The Morgan fingerprint density at radius 2 is 2.00 bits per heavy atom. The van der Waals surface area contributed by atoms with Gasteiger partial charge < -0.3 is 24.7 Å². The molecule has 1 saturated heterocycles. The van der Waals surface area contributed by atoms with Gasteiger partial charge in [-0.1, -0.05) is 12.1 Å². The molecule has 0 atom stereocenters. The van der Waals surface area contributed by atoms with Crippen LogP contribution in [0.5, 0.6) is 11.5 Å². The average Bonchev–Trinajstić information content (AvgIpc) is 3.28. The number of likely N-dealkylation sites (tertiary alicyclic amines) is 1. The van der Waals surface area contributed by atoms with Crippen LogP contribution in [0.1, 0.15) is 12.8 Å². The Balaban J connectivity index is 1.43. The van der Waals surface area contributed by atoms with E-state index in [0.717, 1.165) is 65.0 Å². The molecule has 7 heteroatoms. The molecule has 1 aliphatic rings. The molecule has 2 aromatic carbocycles. The van der Waals surface area contributed by atoms with Gasteiger partial charge >= 0.3 is 0 Å². The summed E-state index contributed by atoms with van der Waals surface area (Å²) in [5.41, 5.74) is 2.82. The fourth-order valence-corrected chi connectivity index (χ4v) is 4.19. The van der Waals surface area contributed by atoms with Gasteiger partial charge in [-0.2, -0.15) is 0 Å². The number of ether oxygens (including phenoxy) is 2. The Labute approximate surface area is 181 Å². The topological polar surface area (TPSA) is 75.3 Å². The largest absolute Gasteiger partial charge is 0.493 e. The maximum Gasteiger partial charge on any atom is 0.163 e.